The molecular formula is C13H22N2O4S2. The zero-order valence-electron chi connectivity index (χ0n) is 12.9. The van der Waals surface area contributed by atoms with Crippen LogP contribution >= 0.6 is 11.3 Å². The van der Waals surface area contributed by atoms with Crippen LogP contribution in [0.15, 0.2) is 15.9 Å². The zero-order chi connectivity index (χ0) is 16.3. The fourth-order valence-corrected chi connectivity index (χ4v) is 3.47. The van der Waals surface area contributed by atoms with Crippen molar-refractivity contribution in [2.75, 3.05) is 6.54 Å². The minimum Gasteiger partial charge on any atom is -0.460 e. The van der Waals surface area contributed by atoms with Crippen molar-refractivity contribution in [3.63, 3.8) is 0 Å². The summed E-state index contributed by atoms with van der Waals surface area (Å²) in [5.41, 5.74) is 0.848. The van der Waals surface area contributed by atoms with Gasteiger partial charge in [-0.25, -0.2) is 18.1 Å². The van der Waals surface area contributed by atoms with E-state index in [-0.39, 0.29) is 17.5 Å². The average Bonchev–Trinajstić information content (AvgIpc) is 2.79. The maximum Gasteiger partial charge on any atom is 0.311 e. The Morgan fingerprint density at radius 2 is 2.05 bits per heavy atom. The van der Waals surface area contributed by atoms with Crippen LogP contribution in [0.3, 0.4) is 0 Å². The van der Waals surface area contributed by atoms with Crippen LogP contribution in [0.1, 0.15) is 34.6 Å². The molecule has 1 atom stereocenters. The Labute approximate surface area is 130 Å². The van der Waals surface area contributed by atoms with Crippen molar-refractivity contribution in [3.05, 3.63) is 10.9 Å². The van der Waals surface area contributed by atoms with Crippen molar-refractivity contribution in [1.82, 2.24) is 9.71 Å². The lowest BCUT2D eigenvalue weighted by atomic mass is 9.96. The molecule has 0 aliphatic rings. The van der Waals surface area contributed by atoms with Gasteiger partial charge in [0.1, 0.15) is 5.60 Å². The molecule has 0 radical (unpaired) electrons. The predicted octanol–water partition coefficient (Wildman–Crippen LogP) is 2.04. The molecule has 1 heterocycles. The molecule has 1 unspecified atom stereocenters. The number of rotatable bonds is 6. The SMILES string of the molecule is CC(C)C(CNS(=O)(=O)c1cscn1)C(=O)OC(C)(C)C. The fraction of sp³-hybridized carbons (Fsp3) is 0.692. The van der Waals surface area contributed by atoms with Gasteiger partial charge in [-0.05, 0) is 26.7 Å². The van der Waals surface area contributed by atoms with Gasteiger partial charge in [-0.1, -0.05) is 13.8 Å². The van der Waals surface area contributed by atoms with Crippen LogP contribution in [0.4, 0.5) is 0 Å². The first-order valence-electron chi connectivity index (χ1n) is 6.63. The van der Waals surface area contributed by atoms with E-state index in [2.05, 4.69) is 9.71 Å². The van der Waals surface area contributed by atoms with E-state index in [0.29, 0.717) is 0 Å². The number of nitrogens with zero attached hydrogens (tertiary/aromatic N) is 1. The van der Waals surface area contributed by atoms with Gasteiger partial charge in [0.2, 0.25) is 0 Å². The number of ether oxygens (including phenoxy) is 1. The number of esters is 1. The topological polar surface area (TPSA) is 85.4 Å². The molecule has 0 amide bonds. The first kappa shape index (κ1) is 18.1. The molecule has 0 saturated heterocycles. The van der Waals surface area contributed by atoms with Gasteiger partial charge in [0.05, 0.1) is 11.4 Å². The van der Waals surface area contributed by atoms with Crippen LogP contribution in [0, 0.1) is 11.8 Å². The Morgan fingerprint density at radius 3 is 2.48 bits per heavy atom. The summed E-state index contributed by atoms with van der Waals surface area (Å²) >= 11 is 1.20. The zero-order valence-corrected chi connectivity index (χ0v) is 14.5. The summed E-state index contributed by atoms with van der Waals surface area (Å²) in [5, 5.41) is 1.42. The van der Waals surface area contributed by atoms with Gasteiger partial charge in [0.15, 0.2) is 5.03 Å². The Bertz CT molecular complexity index is 559. The van der Waals surface area contributed by atoms with Crippen LogP contribution in [-0.2, 0) is 19.6 Å². The highest BCUT2D eigenvalue weighted by Crippen LogP contribution is 2.18. The minimum atomic E-state index is -3.68. The van der Waals surface area contributed by atoms with Gasteiger partial charge in [-0.2, -0.15) is 0 Å². The molecule has 1 aromatic rings. The molecule has 1 aromatic heterocycles. The van der Waals surface area contributed by atoms with Crippen LogP contribution < -0.4 is 4.72 Å². The number of hydrogen-bond donors (Lipinski definition) is 1. The van der Waals surface area contributed by atoms with E-state index in [1.165, 1.54) is 22.2 Å². The van der Waals surface area contributed by atoms with Crippen molar-refractivity contribution < 1.29 is 17.9 Å². The molecule has 0 saturated carbocycles. The summed E-state index contributed by atoms with van der Waals surface area (Å²) < 4.78 is 31.8. The predicted molar refractivity (Wildman–Crippen MR) is 81.5 cm³/mol. The van der Waals surface area contributed by atoms with Gasteiger partial charge in [-0.15, -0.1) is 11.3 Å². The van der Waals surface area contributed by atoms with E-state index in [9.17, 15) is 13.2 Å². The van der Waals surface area contributed by atoms with Crippen molar-refractivity contribution in [3.8, 4) is 0 Å². The van der Waals surface area contributed by atoms with Gasteiger partial charge in [-0.3, -0.25) is 4.79 Å². The van der Waals surface area contributed by atoms with Gasteiger partial charge >= 0.3 is 5.97 Å². The minimum absolute atomic E-state index is 0.00750. The summed E-state index contributed by atoms with van der Waals surface area (Å²) in [6.45, 7) is 9.04. The Balaban J connectivity index is 2.75. The second-order valence-electron chi connectivity index (χ2n) is 6.06. The molecule has 0 fully saturated rings. The molecule has 1 N–H and O–H groups in total. The number of carbonyl (C=O) groups is 1. The van der Waals surface area contributed by atoms with Crippen LogP contribution in [0.5, 0.6) is 0 Å². The second-order valence-corrected chi connectivity index (χ2v) is 8.50. The number of hydrogen-bond acceptors (Lipinski definition) is 6. The molecule has 0 aliphatic heterocycles. The highest BCUT2D eigenvalue weighted by Gasteiger charge is 2.29. The van der Waals surface area contributed by atoms with Crippen molar-refractivity contribution >= 4 is 27.3 Å². The summed E-state index contributed by atoms with van der Waals surface area (Å²) in [6, 6.07) is 0. The van der Waals surface area contributed by atoms with Crippen LogP contribution in [-0.4, -0.2) is 31.5 Å². The van der Waals surface area contributed by atoms with E-state index < -0.39 is 27.5 Å². The summed E-state index contributed by atoms with van der Waals surface area (Å²) in [7, 11) is -3.68. The van der Waals surface area contributed by atoms with Crippen LogP contribution in [0.2, 0.25) is 0 Å². The number of carbonyl (C=O) groups excluding carboxylic acids is 1. The Kier molecular flexibility index (Phi) is 5.89. The molecule has 21 heavy (non-hydrogen) atoms. The van der Waals surface area contributed by atoms with Gasteiger partial charge in [0, 0.05) is 11.9 Å². The van der Waals surface area contributed by atoms with E-state index in [4.69, 9.17) is 4.74 Å². The van der Waals surface area contributed by atoms with Gasteiger partial charge in [0.25, 0.3) is 10.0 Å². The van der Waals surface area contributed by atoms with E-state index in [1.54, 1.807) is 20.8 Å². The lowest BCUT2D eigenvalue weighted by Crippen LogP contribution is -2.39. The van der Waals surface area contributed by atoms with Gasteiger partial charge < -0.3 is 4.74 Å². The third kappa shape index (κ3) is 5.72. The van der Waals surface area contributed by atoms with E-state index >= 15 is 0 Å². The molecule has 0 bridgehead atoms. The molecule has 0 aromatic carbocycles. The third-order valence-electron chi connectivity index (χ3n) is 2.69. The summed E-state index contributed by atoms with van der Waals surface area (Å²) in [5.74, 6) is -0.992. The summed E-state index contributed by atoms with van der Waals surface area (Å²) in [6.07, 6.45) is 0. The highest BCUT2D eigenvalue weighted by atomic mass is 32.2. The smallest absolute Gasteiger partial charge is 0.311 e. The Morgan fingerprint density at radius 1 is 1.43 bits per heavy atom. The van der Waals surface area contributed by atoms with E-state index in [0.717, 1.165) is 0 Å². The van der Waals surface area contributed by atoms with Crippen LogP contribution in [0.25, 0.3) is 0 Å². The average molecular weight is 334 g/mol. The maximum absolute atomic E-state index is 12.1. The quantitative estimate of drug-likeness (QED) is 0.805. The van der Waals surface area contributed by atoms with E-state index in [1.807, 2.05) is 13.8 Å². The molecule has 120 valence electrons. The highest BCUT2D eigenvalue weighted by molar-refractivity contribution is 7.89. The lowest BCUT2D eigenvalue weighted by Gasteiger charge is -2.25. The molecule has 6 nitrogen and oxygen atoms in total. The number of aromatic nitrogens is 1. The molecule has 8 heteroatoms. The first-order chi connectivity index (χ1) is 9.53. The fourth-order valence-electron chi connectivity index (χ4n) is 1.58. The Hall–Kier alpha value is -0.990. The lowest BCUT2D eigenvalue weighted by molar-refractivity contribution is -0.161. The molecule has 1 rings (SSSR count). The van der Waals surface area contributed by atoms with Crippen molar-refractivity contribution in [1.29, 1.82) is 0 Å². The number of sulfonamides is 1. The molecular weight excluding hydrogens is 312 g/mol. The monoisotopic (exact) mass is 334 g/mol. The van der Waals surface area contributed by atoms with Crippen molar-refractivity contribution in [2.45, 2.75) is 45.2 Å². The standard InChI is InChI=1S/C13H22N2O4S2/c1-9(2)10(12(16)19-13(3,4)5)6-15-21(17,18)11-7-20-8-14-11/h7-10,15H,6H2,1-5H3. The third-order valence-corrected chi connectivity index (χ3v) is 4.75. The molecule has 0 spiro atoms. The number of thiazole rings is 1. The second kappa shape index (κ2) is 6.85. The maximum atomic E-state index is 12.1. The largest absolute Gasteiger partial charge is 0.460 e. The van der Waals surface area contributed by atoms with Crippen molar-refractivity contribution in [2.24, 2.45) is 11.8 Å². The first-order valence-corrected chi connectivity index (χ1v) is 9.06. The number of nitrogens with one attached hydrogen (secondary N) is 1. The normalized spacial score (nSPS) is 14.2. The molecule has 0 aliphatic carbocycles. The summed E-state index contributed by atoms with van der Waals surface area (Å²) in [4.78, 5) is 15.9.